The monoisotopic (exact) mass is 349 g/mol. The minimum absolute atomic E-state index is 0. The summed E-state index contributed by atoms with van der Waals surface area (Å²) in [4.78, 5) is 0. The van der Waals surface area contributed by atoms with Gasteiger partial charge in [0, 0.05) is 0 Å². The number of ether oxygens (including phenoxy) is 2. The van der Waals surface area contributed by atoms with E-state index in [1.165, 1.54) is 37.4 Å². The van der Waals surface area contributed by atoms with Gasteiger partial charge in [0.05, 0.1) is 13.2 Å². The Hall–Kier alpha value is -2.12. The van der Waals surface area contributed by atoms with Gasteiger partial charge < -0.3 is 20.3 Å². The number of phenols is 1. The van der Waals surface area contributed by atoms with Crippen molar-refractivity contribution in [1.29, 1.82) is 0 Å². The molecule has 0 amide bonds. The van der Waals surface area contributed by atoms with E-state index in [0.29, 0.717) is 11.1 Å². The van der Waals surface area contributed by atoms with Crippen LogP contribution in [0.3, 0.4) is 0 Å². The summed E-state index contributed by atoms with van der Waals surface area (Å²) in [5.41, 5.74) is 7.32. The Bertz CT molecular complexity index is 647. The van der Waals surface area contributed by atoms with Crippen LogP contribution in [0.2, 0.25) is 0 Å². The number of methoxy groups -OCH3 is 1. The third-order valence-corrected chi connectivity index (χ3v) is 3.04. The molecular weight excluding hydrogens is 335 g/mol. The molecule has 0 aliphatic heterocycles. The lowest BCUT2D eigenvalue weighted by atomic mass is 9.99. The number of hydrogen-bond acceptors (Lipinski definition) is 4. The van der Waals surface area contributed by atoms with E-state index in [-0.39, 0.29) is 29.7 Å². The molecule has 4 nitrogen and oxygen atoms in total. The van der Waals surface area contributed by atoms with E-state index in [4.69, 9.17) is 10.5 Å². The molecule has 0 unspecified atom stereocenters. The maximum Gasteiger partial charge on any atom is 0.573 e. The molecule has 0 spiro atoms. The summed E-state index contributed by atoms with van der Waals surface area (Å²) in [5.74, 6) is -0.0657. The Balaban J connectivity index is 0.00000264. The van der Waals surface area contributed by atoms with E-state index >= 15 is 0 Å². The first-order valence-corrected chi connectivity index (χ1v) is 6.28. The van der Waals surface area contributed by atoms with Crippen molar-refractivity contribution in [2.45, 2.75) is 12.4 Å². The molecule has 1 atom stereocenters. The van der Waals surface area contributed by atoms with Crippen molar-refractivity contribution < 1.29 is 27.8 Å². The van der Waals surface area contributed by atoms with Crippen molar-refractivity contribution in [3.8, 4) is 17.2 Å². The van der Waals surface area contributed by atoms with Gasteiger partial charge in [0.2, 0.25) is 0 Å². The lowest BCUT2D eigenvalue weighted by Gasteiger charge is -2.15. The Kier molecular flexibility index (Phi) is 6.12. The number of halogens is 4. The van der Waals surface area contributed by atoms with Crippen molar-refractivity contribution in [3.05, 3.63) is 53.6 Å². The molecule has 2 aromatic rings. The average molecular weight is 350 g/mol. The van der Waals surface area contributed by atoms with Crippen LogP contribution in [0.5, 0.6) is 17.2 Å². The third-order valence-electron chi connectivity index (χ3n) is 3.04. The first-order chi connectivity index (χ1) is 10.3. The first-order valence-electron chi connectivity index (χ1n) is 6.28. The average Bonchev–Trinajstić information content (AvgIpc) is 2.46. The van der Waals surface area contributed by atoms with Crippen LogP contribution in [0.4, 0.5) is 13.2 Å². The highest BCUT2D eigenvalue weighted by molar-refractivity contribution is 5.85. The zero-order valence-electron chi connectivity index (χ0n) is 12.0. The molecule has 0 saturated carbocycles. The quantitative estimate of drug-likeness (QED) is 0.882. The van der Waals surface area contributed by atoms with Crippen LogP contribution in [0.25, 0.3) is 0 Å². The summed E-state index contributed by atoms with van der Waals surface area (Å²) in [7, 11) is 1.41. The summed E-state index contributed by atoms with van der Waals surface area (Å²) in [6.07, 6.45) is -4.73. The Morgan fingerprint density at radius 1 is 1.04 bits per heavy atom. The van der Waals surface area contributed by atoms with Crippen molar-refractivity contribution in [3.63, 3.8) is 0 Å². The predicted molar refractivity (Wildman–Crippen MR) is 81.1 cm³/mol. The Morgan fingerprint density at radius 2 is 1.61 bits per heavy atom. The van der Waals surface area contributed by atoms with Crippen molar-refractivity contribution in [1.82, 2.24) is 0 Å². The van der Waals surface area contributed by atoms with E-state index < -0.39 is 12.4 Å². The zero-order chi connectivity index (χ0) is 16.3. The van der Waals surface area contributed by atoms with Gasteiger partial charge in [0.15, 0.2) is 11.5 Å². The van der Waals surface area contributed by atoms with Crippen molar-refractivity contribution in [2.75, 3.05) is 7.11 Å². The van der Waals surface area contributed by atoms with Gasteiger partial charge in [-0.05, 0) is 35.4 Å². The van der Waals surface area contributed by atoms with Crippen LogP contribution in [0.15, 0.2) is 42.5 Å². The standard InChI is InChI=1S/C15H14F3NO3.ClH/c1-21-13-8-10(4-7-12(13)20)14(19)9-2-5-11(6-3-9)22-15(16,17)18;/h2-8,14,20H,19H2,1H3;1H/t14-;/m1./s1. The van der Waals surface area contributed by atoms with Crippen molar-refractivity contribution in [2.24, 2.45) is 5.73 Å². The van der Waals surface area contributed by atoms with Crippen molar-refractivity contribution >= 4 is 12.4 Å². The van der Waals surface area contributed by atoms with E-state index in [2.05, 4.69) is 4.74 Å². The molecule has 2 aromatic carbocycles. The molecule has 0 radical (unpaired) electrons. The number of alkyl halides is 3. The number of phenolic OH excluding ortho intramolecular Hbond substituents is 1. The SMILES string of the molecule is COc1cc([C@H](N)c2ccc(OC(F)(F)F)cc2)ccc1O.Cl. The summed E-state index contributed by atoms with van der Waals surface area (Å²) in [6.45, 7) is 0. The smallest absolute Gasteiger partial charge is 0.504 e. The summed E-state index contributed by atoms with van der Waals surface area (Å²) in [5, 5.41) is 9.54. The van der Waals surface area contributed by atoms with Gasteiger partial charge in [-0.2, -0.15) is 0 Å². The highest BCUT2D eigenvalue weighted by Crippen LogP contribution is 2.31. The molecule has 23 heavy (non-hydrogen) atoms. The third kappa shape index (κ3) is 4.94. The summed E-state index contributed by atoms with van der Waals surface area (Å²) < 4.78 is 45.1. The number of nitrogens with two attached hydrogens (primary N) is 1. The van der Waals surface area contributed by atoms with Gasteiger partial charge in [0.1, 0.15) is 5.75 Å². The molecule has 126 valence electrons. The molecule has 0 bridgehead atoms. The molecule has 0 fully saturated rings. The second-order valence-corrected chi connectivity index (χ2v) is 4.53. The molecule has 0 aliphatic carbocycles. The molecule has 2 rings (SSSR count). The van der Waals surface area contributed by atoms with Crippen LogP contribution >= 0.6 is 12.4 Å². The minimum Gasteiger partial charge on any atom is -0.504 e. The van der Waals surface area contributed by atoms with E-state index in [1.807, 2.05) is 0 Å². The van der Waals surface area contributed by atoms with E-state index in [1.54, 1.807) is 12.1 Å². The predicted octanol–water partition coefficient (Wildman–Crippen LogP) is 3.77. The molecule has 3 N–H and O–H groups in total. The fraction of sp³-hybridized carbons (Fsp3) is 0.200. The van der Waals surface area contributed by atoms with Gasteiger partial charge in [0.25, 0.3) is 0 Å². The second-order valence-electron chi connectivity index (χ2n) is 4.53. The van der Waals surface area contributed by atoms with Crippen LogP contribution in [0.1, 0.15) is 17.2 Å². The van der Waals surface area contributed by atoms with Crippen LogP contribution in [-0.2, 0) is 0 Å². The molecule has 0 heterocycles. The number of hydrogen-bond donors (Lipinski definition) is 2. The topological polar surface area (TPSA) is 64.7 Å². The second kappa shape index (κ2) is 7.43. The number of aromatic hydroxyl groups is 1. The van der Waals surface area contributed by atoms with E-state index in [9.17, 15) is 18.3 Å². The van der Waals surface area contributed by atoms with Crippen LogP contribution in [0, 0.1) is 0 Å². The van der Waals surface area contributed by atoms with E-state index in [0.717, 1.165) is 0 Å². The lowest BCUT2D eigenvalue weighted by molar-refractivity contribution is -0.274. The van der Waals surface area contributed by atoms with Gasteiger partial charge >= 0.3 is 6.36 Å². The summed E-state index contributed by atoms with van der Waals surface area (Å²) >= 11 is 0. The number of benzene rings is 2. The highest BCUT2D eigenvalue weighted by atomic mass is 35.5. The van der Waals surface area contributed by atoms with Gasteiger partial charge in [-0.25, -0.2) is 0 Å². The minimum atomic E-state index is -4.73. The largest absolute Gasteiger partial charge is 0.573 e. The van der Waals surface area contributed by atoms with Gasteiger partial charge in [-0.1, -0.05) is 18.2 Å². The normalized spacial score (nSPS) is 12.2. The molecule has 0 aliphatic rings. The maximum atomic E-state index is 12.1. The Morgan fingerprint density at radius 3 is 2.13 bits per heavy atom. The fourth-order valence-electron chi connectivity index (χ4n) is 1.96. The first kappa shape index (κ1) is 18.9. The molecule has 0 aromatic heterocycles. The zero-order valence-corrected chi connectivity index (χ0v) is 12.8. The van der Waals surface area contributed by atoms with Gasteiger partial charge in [-0.3, -0.25) is 0 Å². The van der Waals surface area contributed by atoms with Crippen LogP contribution in [-0.4, -0.2) is 18.6 Å². The fourth-order valence-corrected chi connectivity index (χ4v) is 1.96. The lowest BCUT2D eigenvalue weighted by Crippen LogP contribution is -2.17. The maximum absolute atomic E-state index is 12.1. The highest BCUT2D eigenvalue weighted by Gasteiger charge is 2.31. The molecule has 0 saturated heterocycles. The summed E-state index contributed by atoms with van der Waals surface area (Å²) in [6, 6.07) is 9.34. The Labute approximate surface area is 137 Å². The van der Waals surface area contributed by atoms with Gasteiger partial charge in [-0.15, -0.1) is 25.6 Å². The molecule has 8 heteroatoms. The number of rotatable bonds is 4. The van der Waals surface area contributed by atoms with Crippen LogP contribution < -0.4 is 15.2 Å². The molecular formula is C15H15ClF3NO3.